The molecule has 2 aromatic rings. The van der Waals surface area contributed by atoms with E-state index in [1.165, 1.54) is 5.56 Å². The maximum Gasteiger partial charge on any atom is 0.152 e. The van der Waals surface area contributed by atoms with E-state index >= 15 is 0 Å². The number of aromatic nitrogens is 1. The molecule has 0 spiro atoms. The summed E-state index contributed by atoms with van der Waals surface area (Å²) >= 11 is 0. The molecule has 0 aliphatic heterocycles. The Hall–Kier alpha value is -1.83. The third-order valence-corrected chi connectivity index (χ3v) is 2.34. The molecule has 0 bridgehead atoms. The lowest BCUT2D eigenvalue weighted by atomic mass is 10.0. The highest BCUT2D eigenvalue weighted by Gasteiger charge is 2.06. The molecule has 0 saturated heterocycles. The van der Waals surface area contributed by atoms with Gasteiger partial charge in [0.1, 0.15) is 0 Å². The van der Waals surface area contributed by atoms with Gasteiger partial charge in [-0.2, -0.15) is 0 Å². The molecule has 0 aliphatic carbocycles. The van der Waals surface area contributed by atoms with Crippen molar-refractivity contribution < 1.29 is 4.79 Å². The molecule has 0 amide bonds. The highest BCUT2D eigenvalue weighted by molar-refractivity contribution is 5.88. The molecular weight excluding hydrogens is 174 g/mol. The molecule has 14 heavy (non-hydrogen) atoms. The number of H-pyrrole nitrogens is 1. The molecule has 0 saturated carbocycles. The number of carbonyl (C=O) groups is 1. The Labute approximate surface area is 82.6 Å². The van der Waals surface area contributed by atoms with E-state index < -0.39 is 0 Å². The fourth-order valence-corrected chi connectivity index (χ4v) is 1.58. The van der Waals surface area contributed by atoms with Crippen LogP contribution in [0.1, 0.15) is 15.9 Å². The van der Waals surface area contributed by atoms with Crippen molar-refractivity contribution in [3.63, 3.8) is 0 Å². The number of hydrogen-bond acceptors (Lipinski definition) is 1. The van der Waals surface area contributed by atoms with Gasteiger partial charge in [0.25, 0.3) is 0 Å². The smallest absolute Gasteiger partial charge is 0.152 e. The summed E-state index contributed by atoms with van der Waals surface area (Å²) in [6, 6.07) is 8.03. The first-order valence-electron chi connectivity index (χ1n) is 4.51. The van der Waals surface area contributed by atoms with Crippen molar-refractivity contribution in [3.8, 4) is 11.1 Å². The van der Waals surface area contributed by atoms with Crippen LogP contribution in [0.4, 0.5) is 0 Å². The molecule has 2 heteroatoms. The third-order valence-electron chi connectivity index (χ3n) is 2.34. The fraction of sp³-hybridized carbons (Fsp3) is 0.0833. The van der Waals surface area contributed by atoms with Gasteiger partial charge in [-0.15, -0.1) is 0 Å². The molecule has 0 aliphatic rings. The molecule has 2 nitrogen and oxygen atoms in total. The summed E-state index contributed by atoms with van der Waals surface area (Å²) in [6.07, 6.45) is 4.44. The Morgan fingerprint density at radius 2 is 1.93 bits per heavy atom. The lowest BCUT2D eigenvalue weighted by Crippen LogP contribution is -1.84. The number of aryl methyl sites for hydroxylation is 1. The number of aromatic amines is 1. The quantitative estimate of drug-likeness (QED) is 0.717. The second-order valence-corrected chi connectivity index (χ2v) is 3.26. The van der Waals surface area contributed by atoms with Crippen LogP contribution in [0.5, 0.6) is 0 Å². The first kappa shape index (κ1) is 8.75. The molecule has 1 aromatic carbocycles. The van der Waals surface area contributed by atoms with Crippen LogP contribution in [0.25, 0.3) is 11.1 Å². The highest BCUT2D eigenvalue weighted by Crippen LogP contribution is 2.25. The molecule has 2 rings (SSSR count). The van der Waals surface area contributed by atoms with Crippen molar-refractivity contribution in [2.24, 2.45) is 0 Å². The zero-order chi connectivity index (χ0) is 9.97. The van der Waals surface area contributed by atoms with Crippen molar-refractivity contribution in [1.29, 1.82) is 0 Å². The zero-order valence-electron chi connectivity index (χ0n) is 7.95. The summed E-state index contributed by atoms with van der Waals surface area (Å²) in [5, 5.41) is 0. The van der Waals surface area contributed by atoms with E-state index in [1.807, 2.05) is 37.4 Å². The van der Waals surface area contributed by atoms with Gasteiger partial charge in [-0.25, -0.2) is 0 Å². The molecule has 0 unspecified atom stereocenters. The van der Waals surface area contributed by atoms with Gasteiger partial charge < -0.3 is 4.98 Å². The average molecular weight is 185 g/mol. The topological polar surface area (TPSA) is 32.9 Å². The zero-order valence-corrected chi connectivity index (χ0v) is 7.95. The van der Waals surface area contributed by atoms with Crippen LogP contribution in [-0.2, 0) is 0 Å². The third kappa shape index (κ3) is 1.35. The maximum atomic E-state index is 10.8. The van der Waals surface area contributed by atoms with E-state index in [0.29, 0.717) is 5.56 Å². The minimum absolute atomic E-state index is 0.708. The first-order chi connectivity index (χ1) is 6.83. The molecule has 1 aromatic heterocycles. The van der Waals surface area contributed by atoms with Crippen LogP contribution in [0.2, 0.25) is 0 Å². The van der Waals surface area contributed by atoms with Crippen molar-refractivity contribution in [3.05, 3.63) is 47.8 Å². The van der Waals surface area contributed by atoms with Crippen molar-refractivity contribution in [1.82, 2.24) is 4.98 Å². The Kier molecular flexibility index (Phi) is 2.19. The number of benzene rings is 1. The Balaban J connectivity index is 2.60. The van der Waals surface area contributed by atoms with E-state index in [4.69, 9.17) is 0 Å². The molecule has 1 heterocycles. The standard InChI is InChI=1S/C12H11NO/c1-9-4-2-3-5-11(9)12-7-13-6-10(12)8-14/h2-8,13H,1H3. The summed E-state index contributed by atoms with van der Waals surface area (Å²) in [5.41, 5.74) is 3.96. The molecule has 1 N–H and O–H groups in total. The fourth-order valence-electron chi connectivity index (χ4n) is 1.58. The maximum absolute atomic E-state index is 10.8. The Bertz CT molecular complexity index is 457. The largest absolute Gasteiger partial charge is 0.366 e. The van der Waals surface area contributed by atoms with Crippen molar-refractivity contribution >= 4 is 6.29 Å². The minimum Gasteiger partial charge on any atom is -0.366 e. The summed E-state index contributed by atoms with van der Waals surface area (Å²) in [6.45, 7) is 2.04. The molecule has 0 fully saturated rings. The lowest BCUT2D eigenvalue weighted by molar-refractivity contribution is 0.112. The highest BCUT2D eigenvalue weighted by atomic mass is 16.1. The van der Waals surface area contributed by atoms with Crippen LogP contribution in [0, 0.1) is 6.92 Å². The van der Waals surface area contributed by atoms with Crippen LogP contribution in [0.3, 0.4) is 0 Å². The minimum atomic E-state index is 0.708. The van der Waals surface area contributed by atoms with Crippen LogP contribution < -0.4 is 0 Å². The lowest BCUT2D eigenvalue weighted by Gasteiger charge is -2.03. The van der Waals surface area contributed by atoms with Crippen LogP contribution in [0.15, 0.2) is 36.7 Å². The van der Waals surface area contributed by atoms with E-state index in [1.54, 1.807) is 6.20 Å². The Morgan fingerprint density at radius 3 is 2.64 bits per heavy atom. The number of rotatable bonds is 2. The van der Waals surface area contributed by atoms with Gasteiger partial charge in [0.2, 0.25) is 0 Å². The van der Waals surface area contributed by atoms with E-state index in [9.17, 15) is 4.79 Å². The second kappa shape index (κ2) is 3.50. The van der Waals surface area contributed by atoms with Crippen LogP contribution in [-0.4, -0.2) is 11.3 Å². The predicted octanol–water partition coefficient (Wildman–Crippen LogP) is 2.80. The normalized spacial score (nSPS) is 10.1. The van der Waals surface area contributed by atoms with E-state index in [-0.39, 0.29) is 0 Å². The van der Waals surface area contributed by atoms with Crippen molar-refractivity contribution in [2.75, 3.05) is 0 Å². The number of aldehydes is 1. The summed E-state index contributed by atoms with van der Waals surface area (Å²) in [4.78, 5) is 13.7. The van der Waals surface area contributed by atoms with Gasteiger partial charge in [-0.1, -0.05) is 24.3 Å². The number of hydrogen-bond donors (Lipinski definition) is 1. The summed E-state index contributed by atoms with van der Waals surface area (Å²) in [5.74, 6) is 0. The molecule has 0 radical (unpaired) electrons. The monoisotopic (exact) mass is 185 g/mol. The second-order valence-electron chi connectivity index (χ2n) is 3.26. The molecular formula is C12H11NO. The summed E-state index contributed by atoms with van der Waals surface area (Å²) < 4.78 is 0. The predicted molar refractivity (Wildman–Crippen MR) is 56.4 cm³/mol. The molecule has 0 atom stereocenters. The SMILES string of the molecule is Cc1ccccc1-c1c[nH]cc1C=O. The van der Waals surface area contributed by atoms with Crippen molar-refractivity contribution in [2.45, 2.75) is 6.92 Å². The summed E-state index contributed by atoms with van der Waals surface area (Å²) in [7, 11) is 0. The van der Waals surface area contributed by atoms with Gasteiger partial charge >= 0.3 is 0 Å². The first-order valence-corrected chi connectivity index (χ1v) is 4.51. The van der Waals surface area contributed by atoms with Gasteiger partial charge in [0, 0.05) is 23.5 Å². The molecule has 70 valence electrons. The van der Waals surface area contributed by atoms with E-state index in [2.05, 4.69) is 4.98 Å². The van der Waals surface area contributed by atoms with Gasteiger partial charge in [-0.3, -0.25) is 4.79 Å². The Morgan fingerprint density at radius 1 is 1.14 bits per heavy atom. The van der Waals surface area contributed by atoms with Gasteiger partial charge in [0.05, 0.1) is 0 Å². The van der Waals surface area contributed by atoms with Crippen LogP contribution >= 0.6 is 0 Å². The van der Waals surface area contributed by atoms with E-state index in [0.717, 1.165) is 17.4 Å². The average Bonchev–Trinajstić information content (AvgIpc) is 2.66. The van der Waals surface area contributed by atoms with Gasteiger partial charge in [-0.05, 0) is 18.1 Å². The number of nitrogens with one attached hydrogen (secondary N) is 1. The number of carbonyl (C=O) groups excluding carboxylic acids is 1. The van der Waals surface area contributed by atoms with Gasteiger partial charge in [0.15, 0.2) is 6.29 Å².